The summed E-state index contributed by atoms with van der Waals surface area (Å²) in [5.74, 6) is -8.57. The molecule has 0 spiro atoms. The van der Waals surface area contributed by atoms with E-state index in [1.54, 1.807) is 13.1 Å². The molecule has 0 aliphatic rings. The van der Waals surface area contributed by atoms with Crippen molar-refractivity contribution in [2.75, 3.05) is 7.05 Å². The third kappa shape index (κ3) is 3.25. The third-order valence-electron chi connectivity index (χ3n) is 3.25. The molecular formula is C16H16ClF4N. The lowest BCUT2D eigenvalue weighted by molar-refractivity contribution is -0.224. The Morgan fingerprint density at radius 1 is 0.818 bits per heavy atom. The Bertz CT molecular complexity index is 602. The molecular weight excluding hydrogens is 318 g/mol. The lowest BCUT2D eigenvalue weighted by Crippen LogP contribution is -2.36. The van der Waals surface area contributed by atoms with E-state index in [1.807, 2.05) is 0 Å². The Labute approximate surface area is 132 Å². The van der Waals surface area contributed by atoms with Gasteiger partial charge in [0.2, 0.25) is 0 Å². The largest absolute Gasteiger partial charge is 0.340 e. The van der Waals surface area contributed by atoms with Gasteiger partial charge in [0, 0.05) is 17.7 Å². The Morgan fingerprint density at radius 2 is 1.36 bits per heavy atom. The highest BCUT2D eigenvalue weighted by Crippen LogP contribution is 2.50. The molecule has 120 valence electrons. The maximum Gasteiger partial charge on any atom is 0.340 e. The van der Waals surface area contributed by atoms with Gasteiger partial charge in [-0.1, -0.05) is 54.6 Å². The quantitative estimate of drug-likeness (QED) is 0.781. The zero-order valence-electron chi connectivity index (χ0n) is 11.8. The summed E-state index contributed by atoms with van der Waals surface area (Å²) in [7, 11) is 1.57. The molecule has 0 amide bonds. The van der Waals surface area contributed by atoms with Gasteiger partial charge in [-0.25, -0.2) is 0 Å². The van der Waals surface area contributed by atoms with Crippen molar-refractivity contribution in [2.45, 2.75) is 18.4 Å². The van der Waals surface area contributed by atoms with Crippen molar-refractivity contribution in [1.82, 2.24) is 5.32 Å². The minimum atomic E-state index is -4.29. The van der Waals surface area contributed by atoms with Crippen molar-refractivity contribution in [3.8, 4) is 0 Å². The third-order valence-corrected chi connectivity index (χ3v) is 3.25. The first-order chi connectivity index (χ1) is 9.91. The summed E-state index contributed by atoms with van der Waals surface area (Å²) >= 11 is 0. The Kier molecular flexibility index (Phi) is 5.97. The van der Waals surface area contributed by atoms with Gasteiger partial charge in [0.25, 0.3) is 0 Å². The molecule has 2 aromatic rings. The van der Waals surface area contributed by atoms with E-state index in [9.17, 15) is 17.6 Å². The lowest BCUT2D eigenvalue weighted by Gasteiger charge is -2.28. The van der Waals surface area contributed by atoms with Crippen LogP contribution in [0.1, 0.15) is 16.7 Å². The van der Waals surface area contributed by atoms with Crippen molar-refractivity contribution in [3.63, 3.8) is 0 Å². The number of rotatable bonds is 5. The van der Waals surface area contributed by atoms with Crippen LogP contribution in [-0.2, 0) is 18.4 Å². The number of nitrogens with one attached hydrogen (secondary N) is 1. The van der Waals surface area contributed by atoms with Crippen LogP contribution in [0, 0.1) is 0 Å². The van der Waals surface area contributed by atoms with Crippen LogP contribution in [0.4, 0.5) is 17.6 Å². The molecule has 0 heterocycles. The van der Waals surface area contributed by atoms with Crippen LogP contribution in [0.15, 0.2) is 54.6 Å². The van der Waals surface area contributed by atoms with Crippen LogP contribution in [0.2, 0.25) is 0 Å². The lowest BCUT2D eigenvalue weighted by atomic mass is 9.92. The smallest absolute Gasteiger partial charge is 0.316 e. The molecule has 0 aliphatic carbocycles. The van der Waals surface area contributed by atoms with Gasteiger partial charge in [0.05, 0.1) is 0 Å². The molecule has 1 nitrogen and oxygen atoms in total. The zero-order chi connectivity index (χ0) is 15.5. The van der Waals surface area contributed by atoms with E-state index in [4.69, 9.17) is 0 Å². The first-order valence-electron chi connectivity index (χ1n) is 6.45. The fourth-order valence-corrected chi connectivity index (χ4v) is 2.17. The molecule has 2 rings (SSSR count). The zero-order valence-corrected chi connectivity index (χ0v) is 12.6. The van der Waals surface area contributed by atoms with Crippen LogP contribution < -0.4 is 5.32 Å². The maximum absolute atomic E-state index is 14.4. The van der Waals surface area contributed by atoms with E-state index < -0.39 is 23.0 Å². The highest BCUT2D eigenvalue weighted by atomic mass is 35.5. The number of hydrogen-bond acceptors (Lipinski definition) is 1. The van der Waals surface area contributed by atoms with E-state index >= 15 is 0 Å². The topological polar surface area (TPSA) is 12.0 Å². The first kappa shape index (κ1) is 18.5. The summed E-state index contributed by atoms with van der Waals surface area (Å²) in [5.41, 5.74) is -1.21. The molecule has 0 radical (unpaired) electrons. The molecule has 0 saturated carbocycles. The molecule has 0 saturated heterocycles. The molecule has 0 fully saturated rings. The summed E-state index contributed by atoms with van der Waals surface area (Å²) in [4.78, 5) is 0. The second-order valence-corrected chi connectivity index (χ2v) is 4.70. The van der Waals surface area contributed by atoms with Gasteiger partial charge in [-0.3, -0.25) is 0 Å². The monoisotopic (exact) mass is 333 g/mol. The first-order valence-corrected chi connectivity index (χ1v) is 6.45. The van der Waals surface area contributed by atoms with E-state index in [-0.39, 0.29) is 24.5 Å². The summed E-state index contributed by atoms with van der Waals surface area (Å²) in [6.07, 6.45) is 0. The van der Waals surface area contributed by atoms with Crippen LogP contribution >= 0.6 is 12.4 Å². The number of alkyl halides is 4. The maximum atomic E-state index is 14.4. The SMILES string of the molecule is CNCc1ccccc1C(F)(F)C(F)(F)c1ccccc1.Cl. The average molecular weight is 334 g/mol. The number of hydrogen-bond donors (Lipinski definition) is 1. The summed E-state index contributed by atoms with van der Waals surface area (Å²) < 4.78 is 57.4. The molecule has 2 aromatic carbocycles. The molecule has 0 unspecified atom stereocenters. The van der Waals surface area contributed by atoms with E-state index in [1.165, 1.54) is 30.3 Å². The van der Waals surface area contributed by atoms with Gasteiger partial charge in [0.1, 0.15) is 0 Å². The fourth-order valence-electron chi connectivity index (χ4n) is 2.17. The normalized spacial score (nSPS) is 11.9. The van der Waals surface area contributed by atoms with Gasteiger partial charge < -0.3 is 5.32 Å². The van der Waals surface area contributed by atoms with Crippen molar-refractivity contribution in [2.24, 2.45) is 0 Å². The van der Waals surface area contributed by atoms with Gasteiger partial charge in [0.15, 0.2) is 0 Å². The van der Waals surface area contributed by atoms with E-state index in [2.05, 4.69) is 5.32 Å². The predicted octanol–water partition coefficient (Wildman–Crippen LogP) is 4.71. The summed E-state index contributed by atoms with van der Waals surface area (Å²) in [6.45, 7) is 0.0939. The molecule has 0 aliphatic heterocycles. The van der Waals surface area contributed by atoms with Gasteiger partial charge in [-0.15, -0.1) is 12.4 Å². The second kappa shape index (κ2) is 7.11. The predicted molar refractivity (Wildman–Crippen MR) is 80.7 cm³/mol. The Balaban J connectivity index is 0.00000242. The van der Waals surface area contributed by atoms with Crippen molar-refractivity contribution in [3.05, 3.63) is 71.3 Å². The molecule has 0 aromatic heterocycles. The van der Waals surface area contributed by atoms with Crippen molar-refractivity contribution < 1.29 is 17.6 Å². The minimum absolute atomic E-state index is 0. The van der Waals surface area contributed by atoms with Crippen LogP contribution in [-0.4, -0.2) is 7.05 Å². The molecule has 22 heavy (non-hydrogen) atoms. The Morgan fingerprint density at radius 3 is 1.95 bits per heavy atom. The van der Waals surface area contributed by atoms with Gasteiger partial charge >= 0.3 is 11.8 Å². The molecule has 0 atom stereocenters. The van der Waals surface area contributed by atoms with Crippen LogP contribution in [0.5, 0.6) is 0 Å². The van der Waals surface area contributed by atoms with Crippen molar-refractivity contribution >= 4 is 12.4 Å². The molecule has 6 heteroatoms. The van der Waals surface area contributed by atoms with E-state index in [0.717, 1.165) is 18.2 Å². The average Bonchev–Trinajstić information content (AvgIpc) is 2.49. The van der Waals surface area contributed by atoms with E-state index in [0.29, 0.717) is 0 Å². The molecule has 0 bridgehead atoms. The minimum Gasteiger partial charge on any atom is -0.316 e. The van der Waals surface area contributed by atoms with Crippen molar-refractivity contribution in [1.29, 1.82) is 0 Å². The number of halogens is 5. The number of benzene rings is 2. The van der Waals surface area contributed by atoms with Gasteiger partial charge in [-0.2, -0.15) is 17.6 Å². The van der Waals surface area contributed by atoms with Crippen LogP contribution in [0.25, 0.3) is 0 Å². The highest BCUT2D eigenvalue weighted by molar-refractivity contribution is 5.85. The Hall–Kier alpha value is -1.59. The van der Waals surface area contributed by atoms with Gasteiger partial charge in [-0.05, 0) is 12.6 Å². The highest BCUT2D eigenvalue weighted by Gasteiger charge is 2.59. The second-order valence-electron chi connectivity index (χ2n) is 4.70. The molecule has 1 N–H and O–H groups in total. The van der Waals surface area contributed by atoms with Crippen LogP contribution in [0.3, 0.4) is 0 Å². The summed E-state index contributed by atoms with van der Waals surface area (Å²) in [6, 6.07) is 11.5. The summed E-state index contributed by atoms with van der Waals surface area (Å²) in [5, 5.41) is 2.71. The fraction of sp³-hybridized carbons (Fsp3) is 0.250. The standard InChI is InChI=1S/C16H15F4N.ClH/c1-21-11-12-7-5-6-10-14(12)16(19,20)15(17,18)13-8-3-2-4-9-13;/h2-10,21H,11H2,1H3;1H.